The summed E-state index contributed by atoms with van der Waals surface area (Å²) in [5.41, 5.74) is -0.696. The third-order valence-corrected chi connectivity index (χ3v) is 4.43. The minimum atomic E-state index is -0.696. The van der Waals surface area contributed by atoms with E-state index in [0.717, 1.165) is 58.3 Å². The lowest BCUT2D eigenvalue weighted by Gasteiger charge is -2.33. The highest BCUT2D eigenvalue weighted by Crippen LogP contribution is 2.38. The lowest BCUT2D eigenvalue weighted by atomic mass is 9.84. The zero-order valence-corrected chi connectivity index (χ0v) is 13.2. The number of nitrogens with zero attached hydrogens (tertiary/aromatic N) is 1. The maximum absolute atomic E-state index is 11.8. The summed E-state index contributed by atoms with van der Waals surface area (Å²) in [6, 6.07) is 0. The van der Waals surface area contributed by atoms with E-state index in [2.05, 4.69) is 24.2 Å². The number of likely N-dealkylation sites (N-methyl/N-ethyl adjacent to an activating group) is 1. The van der Waals surface area contributed by atoms with Gasteiger partial charge < -0.3 is 20.1 Å². The van der Waals surface area contributed by atoms with Crippen molar-refractivity contribution in [3.8, 4) is 0 Å². The Kier molecular flexibility index (Phi) is 7.48. The fourth-order valence-corrected chi connectivity index (χ4v) is 3.14. The summed E-state index contributed by atoms with van der Waals surface area (Å²) in [7, 11) is 3.77. The van der Waals surface area contributed by atoms with Crippen LogP contribution in [0.3, 0.4) is 0 Å². The highest BCUT2D eigenvalue weighted by molar-refractivity contribution is 5.79. The van der Waals surface area contributed by atoms with Gasteiger partial charge in [0.15, 0.2) is 0 Å². The minimum absolute atomic E-state index is 0.233. The number of aliphatic carboxylic acids is 1. The molecule has 0 radical (unpaired) electrons. The number of hydrogen-bond donors (Lipinski definition) is 2. The van der Waals surface area contributed by atoms with E-state index in [1.807, 2.05) is 0 Å². The molecule has 0 heterocycles. The van der Waals surface area contributed by atoms with Crippen molar-refractivity contribution in [2.45, 2.75) is 44.6 Å². The molecule has 2 atom stereocenters. The number of nitrogens with one attached hydrogen (secondary N) is 1. The number of methoxy groups -OCH3 is 1. The van der Waals surface area contributed by atoms with Crippen LogP contribution >= 0.6 is 0 Å². The molecule has 0 amide bonds. The Bertz CT molecular complexity index is 299. The predicted molar refractivity (Wildman–Crippen MR) is 80.0 cm³/mol. The average Bonchev–Trinajstić information content (AvgIpc) is 2.84. The molecule has 1 rings (SSSR count). The van der Waals surface area contributed by atoms with Crippen LogP contribution in [0.25, 0.3) is 0 Å². The smallest absolute Gasteiger partial charge is 0.324 e. The van der Waals surface area contributed by atoms with Gasteiger partial charge in [-0.15, -0.1) is 0 Å². The van der Waals surface area contributed by atoms with Crippen LogP contribution in [-0.4, -0.2) is 61.9 Å². The van der Waals surface area contributed by atoms with Crippen LogP contribution in [0, 0.1) is 5.92 Å². The normalized spacial score (nSPS) is 26.3. The van der Waals surface area contributed by atoms with Crippen LogP contribution < -0.4 is 5.32 Å². The molecule has 5 nitrogen and oxygen atoms in total. The summed E-state index contributed by atoms with van der Waals surface area (Å²) in [5, 5.41) is 13.0. The van der Waals surface area contributed by atoms with Crippen LogP contribution in [0.15, 0.2) is 0 Å². The van der Waals surface area contributed by atoms with Gasteiger partial charge in [-0.05, 0) is 51.7 Å². The molecule has 0 aromatic heterocycles. The second kappa shape index (κ2) is 8.60. The van der Waals surface area contributed by atoms with Gasteiger partial charge in [0.25, 0.3) is 0 Å². The molecule has 118 valence electrons. The van der Waals surface area contributed by atoms with Gasteiger partial charge in [0.2, 0.25) is 0 Å². The van der Waals surface area contributed by atoms with Crippen LogP contribution in [0.1, 0.15) is 39.0 Å². The van der Waals surface area contributed by atoms with E-state index in [-0.39, 0.29) is 5.92 Å². The van der Waals surface area contributed by atoms with Crippen molar-refractivity contribution in [1.82, 2.24) is 10.2 Å². The van der Waals surface area contributed by atoms with E-state index in [1.165, 1.54) is 0 Å². The molecule has 1 fully saturated rings. The largest absolute Gasteiger partial charge is 0.480 e. The Morgan fingerprint density at radius 3 is 2.85 bits per heavy atom. The van der Waals surface area contributed by atoms with Gasteiger partial charge in [0.1, 0.15) is 5.54 Å². The maximum atomic E-state index is 11.8. The molecule has 5 heteroatoms. The first-order chi connectivity index (χ1) is 9.56. The van der Waals surface area contributed by atoms with E-state index in [0.29, 0.717) is 0 Å². The molecule has 0 aromatic rings. The minimum Gasteiger partial charge on any atom is -0.480 e. The highest BCUT2D eigenvalue weighted by Gasteiger charge is 2.48. The summed E-state index contributed by atoms with van der Waals surface area (Å²) >= 11 is 0. The van der Waals surface area contributed by atoms with Crippen LogP contribution in [-0.2, 0) is 9.53 Å². The van der Waals surface area contributed by atoms with Gasteiger partial charge in [-0.25, -0.2) is 0 Å². The Balaban J connectivity index is 2.55. The number of carbonyl (C=O) groups is 1. The maximum Gasteiger partial charge on any atom is 0.324 e. The molecule has 0 saturated heterocycles. The average molecular weight is 286 g/mol. The van der Waals surface area contributed by atoms with Crippen LogP contribution in [0.5, 0.6) is 0 Å². The second-order valence-electron chi connectivity index (χ2n) is 5.88. The van der Waals surface area contributed by atoms with Gasteiger partial charge in [0.05, 0.1) is 6.61 Å². The highest BCUT2D eigenvalue weighted by atomic mass is 16.5. The van der Waals surface area contributed by atoms with Crippen molar-refractivity contribution < 1.29 is 14.6 Å². The first-order valence-electron chi connectivity index (χ1n) is 7.72. The summed E-state index contributed by atoms with van der Waals surface area (Å²) in [4.78, 5) is 14.0. The van der Waals surface area contributed by atoms with Gasteiger partial charge in [-0.1, -0.05) is 13.3 Å². The SMILES string of the molecule is CCCNC1(C(=O)O)CCCC1CCN(C)CCOC. The molecule has 0 spiro atoms. The summed E-state index contributed by atoms with van der Waals surface area (Å²) in [6.45, 7) is 5.40. The van der Waals surface area contributed by atoms with Crippen molar-refractivity contribution in [2.24, 2.45) is 5.92 Å². The molecule has 1 saturated carbocycles. The fraction of sp³-hybridized carbons (Fsp3) is 0.933. The molecular formula is C15H30N2O3. The zero-order chi connectivity index (χ0) is 15.0. The fourth-order valence-electron chi connectivity index (χ4n) is 3.14. The summed E-state index contributed by atoms with van der Waals surface area (Å²) in [5.74, 6) is -0.440. The molecule has 1 aliphatic carbocycles. The predicted octanol–water partition coefficient (Wildman–Crippen LogP) is 1.58. The van der Waals surface area contributed by atoms with Crippen molar-refractivity contribution >= 4 is 5.97 Å². The zero-order valence-electron chi connectivity index (χ0n) is 13.2. The van der Waals surface area contributed by atoms with Gasteiger partial charge >= 0.3 is 5.97 Å². The molecular weight excluding hydrogens is 256 g/mol. The Morgan fingerprint density at radius 1 is 1.50 bits per heavy atom. The van der Waals surface area contributed by atoms with Crippen LogP contribution in [0.4, 0.5) is 0 Å². The lowest BCUT2D eigenvalue weighted by Crippen LogP contribution is -2.55. The monoisotopic (exact) mass is 286 g/mol. The summed E-state index contributed by atoms with van der Waals surface area (Å²) < 4.78 is 5.07. The van der Waals surface area contributed by atoms with E-state index < -0.39 is 11.5 Å². The molecule has 0 bridgehead atoms. The van der Waals surface area contributed by atoms with E-state index in [9.17, 15) is 9.90 Å². The standard InChI is InChI=1S/C15H30N2O3/c1-4-9-16-15(14(18)19)8-5-6-13(15)7-10-17(2)11-12-20-3/h13,16H,4-12H2,1-3H3,(H,18,19). The quantitative estimate of drug-likeness (QED) is 0.638. The topological polar surface area (TPSA) is 61.8 Å². The van der Waals surface area contributed by atoms with Crippen LogP contribution in [0.2, 0.25) is 0 Å². The lowest BCUT2D eigenvalue weighted by molar-refractivity contribution is -0.146. The number of carboxylic acid groups (broad SMARTS) is 1. The second-order valence-corrected chi connectivity index (χ2v) is 5.88. The molecule has 0 aliphatic heterocycles. The van der Waals surface area contributed by atoms with Crippen molar-refractivity contribution in [2.75, 3.05) is 40.4 Å². The van der Waals surface area contributed by atoms with Gasteiger partial charge in [-0.2, -0.15) is 0 Å². The molecule has 0 aromatic carbocycles. The van der Waals surface area contributed by atoms with E-state index in [4.69, 9.17) is 4.74 Å². The first-order valence-corrected chi connectivity index (χ1v) is 7.72. The molecule has 2 N–H and O–H groups in total. The van der Waals surface area contributed by atoms with E-state index >= 15 is 0 Å². The first kappa shape index (κ1) is 17.4. The van der Waals surface area contributed by atoms with Crippen molar-refractivity contribution in [3.05, 3.63) is 0 Å². The number of carboxylic acids is 1. The Hall–Kier alpha value is -0.650. The Labute approximate surface area is 122 Å². The van der Waals surface area contributed by atoms with Gasteiger partial charge in [-0.3, -0.25) is 4.79 Å². The van der Waals surface area contributed by atoms with Gasteiger partial charge in [0, 0.05) is 13.7 Å². The van der Waals surface area contributed by atoms with Crippen molar-refractivity contribution in [1.29, 1.82) is 0 Å². The molecule has 1 aliphatic rings. The number of hydrogen-bond acceptors (Lipinski definition) is 4. The van der Waals surface area contributed by atoms with E-state index in [1.54, 1.807) is 7.11 Å². The third kappa shape index (κ3) is 4.43. The number of ether oxygens (including phenoxy) is 1. The summed E-state index contributed by atoms with van der Waals surface area (Å²) in [6.07, 6.45) is 4.68. The number of rotatable bonds is 10. The molecule has 2 unspecified atom stereocenters. The molecule has 20 heavy (non-hydrogen) atoms. The van der Waals surface area contributed by atoms with Crippen molar-refractivity contribution in [3.63, 3.8) is 0 Å². The Morgan fingerprint density at radius 2 is 2.25 bits per heavy atom. The third-order valence-electron chi connectivity index (χ3n) is 4.43.